The Morgan fingerprint density at radius 2 is 2.21 bits per heavy atom. The fourth-order valence-electron chi connectivity index (χ4n) is 1.35. The van der Waals surface area contributed by atoms with E-state index in [9.17, 15) is 13.2 Å². The summed E-state index contributed by atoms with van der Waals surface area (Å²) in [4.78, 5) is 11.3. The molecule has 80 valence electrons. The van der Waals surface area contributed by atoms with Gasteiger partial charge in [-0.25, -0.2) is 8.42 Å². The standard InChI is InChI=1S/C7H12N2O3S2/c8-6(13)3-7(10)9-5-1-2-14(11,12)4-5/h5H,1-4H2,(H2,8,13)(H,9,10). The van der Waals surface area contributed by atoms with Gasteiger partial charge in [-0.1, -0.05) is 12.2 Å². The number of rotatable bonds is 3. The molecule has 1 aliphatic heterocycles. The molecular weight excluding hydrogens is 224 g/mol. The van der Waals surface area contributed by atoms with Crippen LogP contribution in [0.15, 0.2) is 0 Å². The van der Waals surface area contributed by atoms with Crippen molar-refractivity contribution in [3.05, 3.63) is 0 Å². The van der Waals surface area contributed by atoms with Crippen LogP contribution in [-0.2, 0) is 14.6 Å². The zero-order chi connectivity index (χ0) is 10.8. The minimum Gasteiger partial charge on any atom is -0.393 e. The third-order valence-electron chi connectivity index (χ3n) is 1.93. The van der Waals surface area contributed by atoms with Gasteiger partial charge in [0.2, 0.25) is 5.91 Å². The first kappa shape index (κ1) is 11.4. The molecule has 0 spiro atoms. The smallest absolute Gasteiger partial charge is 0.227 e. The number of nitrogens with two attached hydrogens (primary N) is 1. The lowest BCUT2D eigenvalue weighted by Gasteiger charge is -2.09. The molecule has 5 nitrogen and oxygen atoms in total. The van der Waals surface area contributed by atoms with E-state index in [-0.39, 0.29) is 34.9 Å². The molecule has 1 heterocycles. The first-order chi connectivity index (χ1) is 6.39. The van der Waals surface area contributed by atoms with Crippen molar-refractivity contribution in [2.45, 2.75) is 18.9 Å². The maximum atomic E-state index is 11.1. The summed E-state index contributed by atoms with van der Waals surface area (Å²) in [6.07, 6.45) is 0.456. The van der Waals surface area contributed by atoms with Crippen molar-refractivity contribution in [2.24, 2.45) is 5.73 Å². The van der Waals surface area contributed by atoms with Crippen LogP contribution in [-0.4, -0.2) is 36.9 Å². The highest BCUT2D eigenvalue weighted by atomic mass is 32.2. The van der Waals surface area contributed by atoms with Crippen molar-refractivity contribution in [2.75, 3.05) is 11.5 Å². The molecule has 0 aromatic rings. The summed E-state index contributed by atoms with van der Waals surface area (Å²) < 4.78 is 22.1. The molecule has 1 saturated heterocycles. The van der Waals surface area contributed by atoms with Gasteiger partial charge < -0.3 is 11.1 Å². The molecule has 0 aromatic carbocycles. The van der Waals surface area contributed by atoms with Crippen LogP contribution in [0.5, 0.6) is 0 Å². The van der Waals surface area contributed by atoms with Gasteiger partial charge in [0.15, 0.2) is 9.84 Å². The quantitative estimate of drug-likeness (QED) is 0.611. The molecule has 1 rings (SSSR count). The third-order valence-corrected chi connectivity index (χ3v) is 3.84. The van der Waals surface area contributed by atoms with E-state index in [1.54, 1.807) is 0 Å². The minimum atomic E-state index is -2.95. The normalized spacial score (nSPS) is 24.4. The van der Waals surface area contributed by atoms with Crippen LogP contribution >= 0.6 is 12.2 Å². The van der Waals surface area contributed by atoms with Crippen LogP contribution in [0.1, 0.15) is 12.8 Å². The second-order valence-corrected chi connectivity index (χ2v) is 6.06. The largest absolute Gasteiger partial charge is 0.393 e. The lowest BCUT2D eigenvalue weighted by molar-refractivity contribution is -0.120. The number of amides is 1. The molecule has 0 aliphatic carbocycles. The highest BCUT2D eigenvalue weighted by Crippen LogP contribution is 2.11. The van der Waals surface area contributed by atoms with Crippen molar-refractivity contribution in [3.63, 3.8) is 0 Å². The fraction of sp³-hybridized carbons (Fsp3) is 0.714. The predicted molar refractivity (Wildman–Crippen MR) is 56.6 cm³/mol. The Bertz CT molecular complexity index is 350. The van der Waals surface area contributed by atoms with Gasteiger partial charge in [-0.3, -0.25) is 4.79 Å². The van der Waals surface area contributed by atoms with Gasteiger partial charge in [-0.2, -0.15) is 0 Å². The maximum Gasteiger partial charge on any atom is 0.227 e. The van der Waals surface area contributed by atoms with E-state index in [0.717, 1.165) is 0 Å². The number of carbonyl (C=O) groups excluding carboxylic acids is 1. The van der Waals surface area contributed by atoms with Crippen LogP contribution in [0, 0.1) is 0 Å². The Balaban J connectivity index is 2.40. The summed E-state index contributed by atoms with van der Waals surface area (Å²) in [6.45, 7) is 0. The van der Waals surface area contributed by atoms with Crippen molar-refractivity contribution < 1.29 is 13.2 Å². The topological polar surface area (TPSA) is 89.3 Å². The minimum absolute atomic E-state index is 0.0219. The maximum absolute atomic E-state index is 11.1. The Morgan fingerprint density at radius 1 is 1.57 bits per heavy atom. The molecule has 1 aliphatic rings. The van der Waals surface area contributed by atoms with E-state index in [1.165, 1.54) is 0 Å². The molecule has 0 saturated carbocycles. The van der Waals surface area contributed by atoms with Gasteiger partial charge in [0.25, 0.3) is 0 Å². The summed E-state index contributed by atoms with van der Waals surface area (Å²) in [5.41, 5.74) is 5.17. The molecule has 14 heavy (non-hydrogen) atoms. The number of thiocarbonyl (C=S) groups is 1. The average molecular weight is 236 g/mol. The van der Waals surface area contributed by atoms with E-state index in [4.69, 9.17) is 5.73 Å². The van der Waals surface area contributed by atoms with E-state index in [1.807, 2.05) is 0 Å². The van der Waals surface area contributed by atoms with E-state index in [2.05, 4.69) is 17.5 Å². The summed E-state index contributed by atoms with van der Waals surface area (Å²) in [6, 6.07) is -0.276. The van der Waals surface area contributed by atoms with Crippen LogP contribution in [0.2, 0.25) is 0 Å². The van der Waals surface area contributed by atoms with Crippen molar-refractivity contribution in [1.29, 1.82) is 0 Å². The Hall–Kier alpha value is -0.690. The monoisotopic (exact) mass is 236 g/mol. The van der Waals surface area contributed by atoms with Crippen LogP contribution in [0.25, 0.3) is 0 Å². The van der Waals surface area contributed by atoms with Crippen LogP contribution in [0.3, 0.4) is 0 Å². The number of hydrogen-bond acceptors (Lipinski definition) is 4. The third kappa shape index (κ3) is 3.59. The second kappa shape index (κ2) is 4.22. The highest BCUT2D eigenvalue weighted by Gasteiger charge is 2.28. The molecule has 1 unspecified atom stereocenters. The highest BCUT2D eigenvalue weighted by molar-refractivity contribution is 7.91. The first-order valence-corrected chi connectivity index (χ1v) is 6.40. The average Bonchev–Trinajstić information content (AvgIpc) is 2.27. The van der Waals surface area contributed by atoms with Crippen molar-refractivity contribution in [3.8, 4) is 0 Å². The molecule has 1 amide bonds. The van der Waals surface area contributed by atoms with Gasteiger partial charge in [0.05, 0.1) is 22.9 Å². The molecule has 7 heteroatoms. The number of nitrogens with one attached hydrogen (secondary N) is 1. The molecular formula is C7H12N2O3S2. The Kier molecular flexibility index (Phi) is 3.43. The molecule has 1 atom stereocenters. The number of hydrogen-bond donors (Lipinski definition) is 2. The van der Waals surface area contributed by atoms with Crippen LogP contribution < -0.4 is 11.1 Å². The number of sulfone groups is 1. The van der Waals surface area contributed by atoms with Gasteiger partial charge in [-0.05, 0) is 6.42 Å². The fourth-order valence-corrected chi connectivity index (χ4v) is 3.15. The second-order valence-electron chi connectivity index (χ2n) is 3.31. The molecule has 1 fully saturated rings. The van der Waals surface area contributed by atoms with E-state index in [0.29, 0.717) is 6.42 Å². The summed E-state index contributed by atoms with van der Waals surface area (Å²) >= 11 is 4.56. The van der Waals surface area contributed by atoms with Gasteiger partial charge >= 0.3 is 0 Å². The van der Waals surface area contributed by atoms with Crippen molar-refractivity contribution in [1.82, 2.24) is 5.32 Å². The van der Waals surface area contributed by atoms with Gasteiger partial charge in [-0.15, -0.1) is 0 Å². The van der Waals surface area contributed by atoms with Crippen molar-refractivity contribution >= 4 is 33.0 Å². The summed E-state index contributed by atoms with van der Waals surface area (Å²) in [5.74, 6) is -0.138. The zero-order valence-electron chi connectivity index (χ0n) is 7.52. The molecule has 0 aromatic heterocycles. The molecule has 0 radical (unpaired) electrons. The van der Waals surface area contributed by atoms with Gasteiger partial charge in [0, 0.05) is 6.04 Å². The molecule has 3 N–H and O–H groups in total. The summed E-state index contributed by atoms with van der Waals surface area (Å²) in [7, 11) is -2.95. The molecule has 0 bridgehead atoms. The van der Waals surface area contributed by atoms with E-state index >= 15 is 0 Å². The van der Waals surface area contributed by atoms with Gasteiger partial charge in [0.1, 0.15) is 0 Å². The summed E-state index contributed by atoms with van der Waals surface area (Å²) in [5, 5.41) is 2.58. The first-order valence-electron chi connectivity index (χ1n) is 4.17. The Labute approximate surface area is 88.0 Å². The van der Waals surface area contributed by atoms with Crippen LogP contribution in [0.4, 0.5) is 0 Å². The predicted octanol–water partition coefficient (Wildman–Crippen LogP) is -1.03. The number of carbonyl (C=O) groups is 1. The lowest BCUT2D eigenvalue weighted by Crippen LogP contribution is -2.37. The SMILES string of the molecule is NC(=S)CC(=O)NC1CCS(=O)(=O)C1. The van der Waals surface area contributed by atoms with E-state index < -0.39 is 9.84 Å². The lowest BCUT2D eigenvalue weighted by atomic mass is 10.2. The Morgan fingerprint density at radius 3 is 2.64 bits per heavy atom. The zero-order valence-corrected chi connectivity index (χ0v) is 9.16.